The fourth-order valence-electron chi connectivity index (χ4n) is 2.10. The van der Waals surface area contributed by atoms with Gasteiger partial charge in [0.15, 0.2) is 0 Å². The second kappa shape index (κ2) is 6.85. The molecule has 2 rings (SSSR count). The van der Waals surface area contributed by atoms with Crippen LogP contribution in [-0.2, 0) is 11.2 Å². The van der Waals surface area contributed by atoms with Crippen molar-refractivity contribution in [2.75, 3.05) is 0 Å². The molecular weight excluding hydrogens is 280 g/mol. The zero-order valence-electron chi connectivity index (χ0n) is 12.5. The summed E-state index contributed by atoms with van der Waals surface area (Å²) in [6, 6.07) is 9.70. The van der Waals surface area contributed by atoms with E-state index in [2.05, 4.69) is 10.3 Å². The largest absolute Gasteiger partial charge is 0.480 e. The van der Waals surface area contributed by atoms with Crippen LogP contribution in [0.5, 0.6) is 0 Å². The van der Waals surface area contributed by atoms with Crippen LogP contribution >= 0.6 is 0 Å². The molecule has 0 aliphatic carbocycles. The highest BCUT2D eigenvalue weighted by Gasteiger charge is 2.21. The van der Waals surface area contributed by atoms with E-state index in [9.17, 15) is 14.7 Å². The van der Waals surface area contributed by atoms with E-state index in [1.165, 1.54) is 6.20 Å². The molecule has 0 saturated carbocycles. The number of hydrogen-bond acceptors (Lipinski definition) is 3. The van der Waals surface area contributed by atoms with Crippen LogP contribution in [-0.4, -0.2) is 28.0 Å². The molecule has 5 nitrogen and oxygen atoms in total. The number of pyridine rings is 1. The number of aliphatic carboxylic acids is 1. The van der Waals surface area contributed by atoms with Gasteiger partial charge in [0.1, 0.15) is 11.7 Å². The second-order valence-corrected chi connectivity index (χ2v) is 5.20. The summed E-state index contributed by atoms with van der Waals surface area (Å²) >= 11 is 0. The summed E-state index contributed by atoms with van der Waals surface area (Å²) in [5, 5.41) is 11.8. The standard InChI is InChI=1S/C17H18N2O3/c1-11-6-7-13(9-12(11)2)10-15(17(21)22)19-16(20)14-5-3-4-8-18-14/h3-9,15H,10H2,1-2H3,(H,19,20)(H,21,22)/t15-/m0/s1. The van der Waals surface area contributed by atoms with E-state index in [0.29, 0.717) is 0 Å². The maximum absolute atomic E-state index is 12.0. The summed E-state index contributed by atoms with van der Waals surface area (Å²) in [5.41, 5.74) is 3.32. The molecule has 22 heavy (non-hydrogen) atoms. The van der Waals surface area contributed by atoms with Crippen molar-refractivity contribution in [3.63, 3.8) is 0 Å². The Labute approximate surface area is 129 Å². The van der Waals surface area contributed by atoms with E-state index in [1.807, 2.05) is 32.0 Å². The highest BCUT2D eigenvalue weighted by atomic mass is 16.4. The smallest absolute Gasteiger partial charge is 0.326 e. The molecule has 0 bridgehead atoms. The molecule has 0 aliphatic rings. The summed E-state index contributed by atoms with van der Waals surface area (Å²) < 4.78 is 0. The maximum Gasteiger partial charge on any atom is 0.326 e. The van der Waals surface area contributed by atoms with E-state index < -0.39 is 17.9 Å². The average Bonchev–Trinajstić information content (AvgIpc) is 2.51. The van der Waals surface area contributed by atoms with E-state index in [0.717, 1.165) is 16.7 Å². The van der Waals surface area contributed by atoms with Gasteiger partial charge in [0.2, 0.25) is 0 Å². The minimum atomic E-state index is -1.07. The fourth-order valence-corrected chi connectivity index (χ4v) is 2.10. The van der Waals surface area contributed by atoms with E-state index in [1.54, 1.807) is 18.2 Å². The molecule has 0 spiro atoms. The molecule has 1 heterocycles. The second-order valence-electron chi connectivity index (χ2n) is 5.20. The highest BCUT2D eigenvalue weighted by Crippen LogP contribution is 2.12. The highest BCUT2D eigenvalue weighted by molar-refractivity contribution is 5.94. The lowest BCUT2D eigenvalue weighted by Crippen LogP contribution is -2.42. The van der Waals surface area contributed by atoms with Crippen molar-refractivity contribution in [2.45, 2.75) is 26.3 Å². The number of carbonyl (C=O) groups is 2. The van der Waals surface area contributed by atoms with Gasteiger partial charge in [-0.15, -0.1) is 0 Å². The number of hydrogen-bond donors (Lipinski definition) is 2. The molecule has 0 unspecified atom stereocenters. The first kappa shape index (κ1) is 15.7. The fraction of sp³-hybridized carbons (Fsp3) is 0.235. The predicted molar refractivity (Wildman–Crippen MR) is 82.7 cm³/mol. The Morgan fingerprint density at radius 3 is 2.55 bits per heavy atom. The van der Waals surface area contributed by atoms with Crippen molar-refractivity contribution in [3.05, 3.63) is 65.0 Å². The van der Waals surface area contributed by atoms with Gasteiger partial charge >= 0.3 is 5.97 Å². The molecule has 0 saturated heterocycles. The molecule has 0 aliphatic heterocycles. The van der Waals surface area contributed by atoms with Crippen molar-refractivity contribution in [1.82, 2.24) is 10.3 Å². The third-order valence-corrected chi connectivity index (χ3v) is 3.51. The topological polar surface area (TPSA) is 79.3 Å². The lowest BCUT2D eigenvalue weighted by Gasteiger charge is -2.15. The van der Waals surface area contributed by atoms with Crippen molar-refractivity contribution in [2.24, 2.45) is 0 Å². The van der Waals surface area contributed by atoms with Crippen LogP contribution < -0.4 is 5.32 Å². The molecule has 0 radical (unpaired) electrons. The number of rotatable bonds is 5. The van der Waals surface area contributed by atoms with Gasteiger partial charge in [-0.25, -0.2) is 4.79 Å². The SMILES string of the molecule is Cc1ccc(C[C@H](NC(=O)c2ccccn2)C(=O)O)cc1C. The van der Waals surface area contributed by atoms with Gasteiger partial charge in [0, 0.05) is 12.6 Å². The summed E-state index contributed by atoms with van der Waals surface area (Å²) in [6.45, 7) is 3.97. The van der Waals surface area contributed by atoms with Crippen LogP contribution in [0.25, 0.3) is 0 Å². The summed E-state index contributed by atoms with van der Waals surface area (Å²) in [4.78, 5) is 27.3. The first-order chi connectivity index (χ1) is 10.5. The Morgan fingerprint density at radius 2 is 1.95 bits per heavy atom. The number of aromatic nitrogens is 1. The first-order valence-corrected chi connectivity index (χ1v) is 6.98. The van der Waals surface area contributed by atoms with Crippen molar-refractivity contribution < 1.29 is 14.7 Å². The number of carboxylic acid groups (broad SMARTS) is 1. The van der Waals surface area contributed by atoms with Gasteiger partial charge in [-0.2, -0.15) is 0 Å². The average molecular weight is 298 g/mol. The van der Waals surface area contributed by atoms with Crippen LogP contribution in [0.3, 0.4) is 0 Å². The van der Waals surface area contributed by atoms with Crippen LogP contribution in [0.1, 0.15) is 27.2 Å². The summed E-state index contributed by atoms with van der Waals surface area (Å²) in [7, 11) is 0. The van der Waals surface area contributed by atoms with Crippen molar-refractivity contribution in [1.29, 1.82) is 0 Å². The maximum atomic E-state index is 12.0. The Kier molecular flexibility index (Phi) is 4.88. The quantitative estimate of drug-likeness (QED) is 0.886. The lowest BCUT2D eigenvalue weighted by molar-refractivity contribution is -0.139. The predicted octanol–water partition coefficient (Wildman–Crippen LogP) is 2.12. The summed E-state index contributed by atoms with van der Waals surface area (Å²) in [6.07, 6.45) is 1.73. The molecular formula is C17H18N2O3. The molecule has 5 heteroatoms. The number of nitrogens with one attached hydrogen (secondary N) is 1. The van der Waals surface area contributed by atoms with E-state index in [-0.39, 0.29) is 12.1 Å². The Morgan fingerprint density at radius 1 is 1.18 bits per heavy atom. The number of benzene rings is 1. The minimum absolute atomic E-state index is 0.203. The number of amides is 1. The van der Waals surface area contributed by atoms with Gasteiger partial charge in [-0.1, -0.05) is 24.3 Å². The third kappa shape index (κ3) is 3.91. The first-order valence-electron chi connectivity index (χ1n) is 6.98. The number of aryl methyl sites for hydroxylation is 2. The molecule has 1 aromatic heterocycles. The van der Waals surface area contributed by atoms with E-state index >= 15 is 0 Å². The molecule has 2 aromatic rings. The summed E-state index contributed by atoms with van der Waals surface area (Å²) in [5.74, 6) is -1.56. The third-order valence-electron chi connectivity index (χ3n) is 3.51. The number of nitrogens with zero attached hydrogens (tertiary/aromatic N) is 1. The molecule has 1 aromatic carbocycles. The normalized spacial score (nSPS) is 11.7. The zero-order valence-corrected chi connectivity index (χ0v) is 12.5. The van der Waals surface area contributed by atoms with Gasteiger partial charge in [0.05, 0.1) is 0 Å². The van der Waals surface area contributed by atoms with Crippen LogP contribution in [0.4, 0.5) is 0 Å². The van der Waals surface area contributed by atoms with Gasteiger partial charge in [0.25, 0.3) is 5.91 Å². The Balaban J connectivity index is 2.12. The number of carbonyl (C=O) groups excluding carboxylic acids is 1. The van der Waals surface area contributed by atoms with Crippen molar-refractivity contribution >= 4 is 11.9 Å². The minimum Gasteiger partial charge on any atom is -0.480 e. The van der Waals surface area contributed by atoms with Gasteiger partial charge < -0.3 is 10.4 Å². The molecule has 2 N–H and O–H groups in total. The van der Waals surface area contributed by atoms with Crippen molar-refractivity contribution in [3.8, 4) is 0 Å². The van der Waals surface area contributed by atoms with Crippen LogP contribution in [0, 0.1) is 13.8 Å². The van der Waals surface area contributed by atoms with Gasteiger partial charge in [-0.3, -0.25) is 9.78 Å². The molecule has 1 amide bonds. The Bertz CT molecular complexity index is 684. The number of carboxylic acids is 1. The van der Waals surface area contributed by atoms with Crippen LogP contribution in [0.15, 0.2) is 42.6 Å². The molecule has 1 atom stereocenters. The lowest BCUT2D eigenvalue weighted by atomic mass is 10.0. The monoisotopic (exact) mass is 298 g/mol. The zero-order chi connectivity index (χ0) is 16.1. The van der Waals surface area contributed by atoms with Crippen LogP contribution in [0.2, 0.25) is 0 Å². The van der Waals surface area contributed by atoms with Gasteiger partial charge in [-0.05, 0) is 42.7 Å². The van der Waals surface area contributed by atoms with E-state index in [4.69, 9.17) is 0 Å². The Hall–Kier alpha value is -2.69. The molecule has 114 valence electrons. The molecule has 0 fully saturated rings.